The highest BCUT2D eigenvalue weighted by Gasteiger charge is 2.30. The first-order valence-corrected chi connectivity index (χ1v) is 10.6. The van der Waals surface area contributed by atoms with Crippen LogP contribution in [0.2, 0.25) is 0 Å². The van der Waals surface area contributed by atoms with Crippen LogP contribution in [-0.2, 0) is 6.54 Å². The zero-order valence-electron chi connectivity index (χ0n) is 17.1. The third-order valence-corrected chi connectivity index (χ3v) is 6.66. The summed E-state index contributed by atoms with van der Waals surface area (Å²) < 4.78 is 2.28. The monoisotopic (exact) mass is 389 g/mol. The van der Waals surface area contributed by atoms with Gasteiger partial charge in [0.05, 0.1) is 5.69 Å². The Labute approximate surface area is 171 Å². The second-order valence-electron chi connectivity index (χ2n) is 8.56. The maximum atomic E-state index is 11.6. The molecule has 2 aromatic heterocycles. The van der Waals surface area contributed by atoms with Crippen molar-refractivity contribution in [2.24, 2.45) is 0 Å². The lowest BCUT2D eigenvalue weighted by Gasteiger charge is -2.24. The van der Waals surface area contributed by atoms with Crippen molar-refractivity contribution in [2.75, 3.05) is 18.5 Å². The number of rotatable bonds is 2. The number of likely N-dealkylation sites (N-methyl/N-ethyl adjacent to an activating group) is 1. The van der Waals surface area contributed by atoms with E-state index in [4.69, 9.17) is 0 Å². The number of carboxylic acid groups (broad SMARTS) is 1. The van der Waals surface area contributed by atoms with Gasteiger partial charge >= 0.3 is 5.97 Å². The fourth-order valence-corrected chi connectivity index (χ4v) is 5.20. The summed E-state index contributed by atoms with van der Waals surface area (Å²) in [5.74, 6) is -0.457. The quantitative estimate of drug-likeness (QED) is 0.654. The fraction of sp³-hybridized carbons (Fsp3) is 0.417. The van der Waals surface area contributed by atoms with E-state index in [2.05, 4.69) is 46.6 Å². The SMILES string of the molecule is Cc1ccc2c(c1)N(C)CCn1c-2c(C2CCCCC2)c2ccc(C(=O)O)nc21. The van der Waals surface area contributed by atoms with E-state index < -0.39 is 5.97 Å². The fourth-order valence-electron chi connectivity index (χ4n) is 5.20. The maximum absolute atomic E-state index is 11.6. The maximum Gasteiger partial charge on any atom is 0.354 e. The zero-order valence-corrected chi connectivity index (χ0v) is 17.1. The van der Waals surface area contributed by atoms with E-state index in [9.17, 15) is 9.90 Å². The van der Waals surface area contributed by atoms with E-state index in [1.54, 1.807) is 6.07 Å². The number of hydrogen-bond donors (Lipinski definition) is 1. The molecule has 1 N–H and O–H groups in total. The Morgan fingerprint density at radius 3 is 2.66 bits per heavy atom. The lowest BCUT2D eigenvalue weighted by molar-refractivity contribution is 0.0691. The number of hydrogen-bond acceptors (Lipinski definition) is 3. The summed E-state index contributed by atoms with van der Waals surface area (Å²) >= 11 is 0. The zero-order chi connectivity index (χ0) is 20.1. The highest BCUT2D eigenvalue weighted by Crippen LogP contribution is 2.46. The van der Waals surface area contributed by atoms with E-state index >= 15 is 0 Å². The van der Waals surface area contributed by atoms with Gasteiger partial charge in [-0.3, -0.25) is 0 Å². The summed E-state index contributed by atoms with van der Waals surface area (Å²) in [6.45, 7) is 3.81. The second-order valence-corrected chi connectivity index (χ2v) is 8.56. The van der Waals surface area contributed by atoms with E-state index in [1.165, 1.54) is 60.2 Å². The molecule has 0 bridgehead atoms. The molecule has 1 saturated carbocycles. The molecular formula is C24H27N3O2. The van der Waals surface area contributed by atoms with Gasteiger partial charge in [0.25, 0.3) is 0 Å². The summed E-state index contributed by atoms with van der Waals surface area (Å²) in [5.41, 5.74) is 7.32. The smallest absolute Gasteiger partial charge is 0.354 e. The van der Waals surface area contributed by atoms with Crippen LogP contribution < -0.4 is 4.90 Å². The third-order valence-electron chi connectivity index (χ3n) is 6.66. The minimum Gasteiger partial charge on any atom is -0.477 e. The van der Waals surface area contributed by atoms with E-state index in [0.717, 1.165) is 24.1 Å². The Morgan fingerprint density at radius 1 is 1.10 bits per heavy atom. The summed E-state index contributed by atoms with van der Waals surface area (Å²) in [6, 6.07) is 10.3. The Bertz CT molecular complexity index is 1110. The van der Waals surface area contributed by atoms with Crippen LogP contribution in [-0.4, -0.2) is 34.2 Å². The van der Waals surface area contributed by atoms with E-state index in [-0.39, 0.29) is 5.69 Å². The molecule has 2 aliphatic rings. The Kier molecular flexibility index (Phi) is 4.34. The van der Waals surface area contributed by atoms with Crippen LogP contribution in [0, 0.1) is 6.92 Å². The topological polar surface area (TPSA) is 58.4 Å². The second kappa shape index (κ2) is 6.90. The largest absolute Gasteiger partial charge is 0.477 e. The number of aromatic nitrogens is 2. The number of carboxylic acids is 1. The van der Waals surface area contributed by atoms with Crippen molar-refractivity contribution in [3.8, 4) is 11.3 Å². The van der Waals surface area contributed by atoms with E-state index in [1.807, 2.05) is 6.07 Å². The minimum absolute atomic E-state index is 0.120. The van der Waals surface area contributed by atoms with Gasteiger partial charge < -0.3 is 14.6 Å². The molecule has 5 nitrogen and oxygen atoms in total. The third kappa shape index (κ3) is 2.91. The van der Waals surface area contributed by atoms with Gasteiger partial charge in [-0.1, -0.05) is 31.4 Å². The van der Waals surface area contributed by atoms with E-state index in [0.29, 0.717) is 5.92 Å². The first kappa shape index (κ1) is 18.2. The van der Waals surface area contributed by atoms with Crippen LogP contribution in [0.5, 0.6) is 0 Å². The molecule has 1 aliphatic carbocycles. The normalized spacial score (nSPS) is 17.1. The summed E-state index contributed by atoms with van der Waals surface area (Å²) in [5, 5.41) is 10.6. The molecule has 29 heavy (non-hydrogen) atoms. The van der Waals surface area contributed by atoms with Gasteiger partial charge in [-0.25, -0.2) is 9.78 Å². The van der Waals surface area contributed by atoms with Gasteiger partial charge in [0.2, 0.25) is 0 Å². The van der Waals surface area contributed by atoms with Crippen molar-refractivity contribution in [1.29, 1.82) is 0 Å². The van der Waals surface area contributed by atoms with Crippen molar-refractivity contribution < 1.29 is 9.90 Å². The average Bonchev–Trinajstić information content (AvgIpc) is 2.98. The number of aryl methyl sites for hydroxylation is 1. The van der Waals surface area contributed by atoms with Crippen molar-refractivity contribution in [1.82, 2.24) is 9.55 Å². The Morgan fingerprint density at radius 2 is 1.90 bits per heavy atom. The van der Waals surface area contributed by atoms with Crippen LogP contribution in [0.1, 0.15) is 59.6 Å². The molecule has 1 fully saturated rings. The van der Waals surface area contributed by atoms with Gasteiger partial charge in [-0.05, 0) is 55.0 Å². The van der Waals surface area contributed by atoms with Gasteiger partial charge in [-0.2, -0.15) is 0 Å². The van der Waals surface area contributed by atoms with Crippen molar-refractivity contribution >= 4 is 22.7 Å². The van der Waals surface area contributed by atoms with Crippen LogP contribution in [0.3, 0.4) is 0 Å². The molecule has 0 atom stereocenters. The standard InChI is InChI=1S/C24H27N3O2/c1-15-8-9-17-20(14-15)26(2)12-13-27-22(17)21(16-6-4-3-5-7-16)18-10-11-19(24(28)29)25-23(18)27/h8-11,14,16H,3-7,12-13H2,1-2H3,(H,28,29). The number of carbonyl (C=O) groups is 1. The van der Waals surface area contributed by atoms with Crippen molar-refractivity contribution in [3.05, 3.63) is 47.2 Å². The molecule has 5 rings (SSSR count). The Balaban J connectivity index is 1.85. The summed E-state index contributed by atoms with van der Waals surface area (Å²) in [6.07, 6.45) is 6.23. The molecule has 1 aromatic carbocycles. The Hall–Kier alpha value is -2.82. The van der Waals surface area contributed by atoms with Crippen LogP contribution in [0.15, 0.2) is 30.3 Å². The summed E-state index contributed by atoms with van der Waals surface area (Å²) in [7, 11) is 2.14. The lowest BCUT2D eigenvalue weighted by atomic mass is 9.81. The minimum atomic E-state index is -0.969. The number of pyridine rings is 1. The first-order chi connectivity index (χ1) is 14.0. The van der Waals surface area contributed by atoms with Gasteiger partial charge in [-0.15, -0.1) is 0 Å². The molecule has 1 aliphatic heterocycles. The van der Waals surface area contributed by atoms with Crippen LogP contribution >= 0.6 is 0 Å². The number of nitrogens with zero attached hydrogens (tertiary/aromatic N) is 3. The van der Waals surface area contributed by atoms with Gasteiger partial charge in [0.15, 0.2) is 5.69 Å². The van der Waals surface area contributed by atoms with Crippen molar-refractivity contribution in [3.63, 3.8) is 0 Å². The number of aromatic carboxylic acids is 1. The molecule has 150 valence electrons. The number of benzene rings is 1. The molecule has 0 spiro atoms. The average molecular weight is 389 g/mol. The molecule has 0 amide bonds. The molecule has 0 radical (unpaired) electrons. The first-order valence-electron chi connectivity index (χ1n) is 10.6. The molecule has 0 unspecified atom stereocenters. The van der Waals surface area contributed by atoms with Crippen LogP contribution in [0.4, 0.5) is 5.69 Å². The van der Waals surface area contributed by atoms with Crippen molar-refractivity contribution in [2.45, 2.75) is 51.5 Å². The highest BCUT2D eigenvalue weighted by molar-refractivity contribution is 5.96. The highest BCUT2D eigenvalue weighted by atomic mass is 16.4. The molecule has 5 heteroatoms. The predicted octanol–water partition coefficient (Wildman–Crippen LogP) is 5.21. The predicted molar refractivity (Wildman–Crippen MR) is 116 cm³/mol. The lowest BCUT2D eigenvalue weighted by Crippen LogP contribution is -2.21. The van der Waals surface area contributed by atoms with Gasteiger partial charge in [0.1, 0.15) is 5.65 Å². The molecule has 3 aromatic rings. The molecular weight excluding hydrogens is 362 g/mol. The molecule has 3 heterocycles. The molecule has 0 saturated heterocycles. The van der Waals surface area contributed by atoms with Gasteiger partial charge in [0, 0.05) is 36.8 Å². The summed E-state index contributed by atoms with van der Waals surface area (Å²) in [4.78, 5) is 18.5. The number of anilines is 1. The number of fused-ring (bicyclic) bond motifs is 5. The van der Waals surface area contributed by atoms with Crippen LogP contribution in [0.25, 0.3) is 22.3 Å².